The first-order valence-corrected chi connectivity index (χ1v) is 6.54. The summed E-state index contributed by atoms with van der Waals surface area (Å²) in [5.74, 6) is -3.90. The highest BCUT2D eigenvalue weighted by molar-refractivity contribution is 5.99. The monoisotopic (exact) mass is 322 g/mol. The highest BCUT2D eigenvalue weighted by atomic mass is 19.2. The van der Waals surface area contributed by atoms with Crippen LogP contribution in [-0.4, -0.2) is 30.7 Å². The minimum Gasteiger partial charge on any atom is -0.461 e. The minimum absolute atomic E-state index is 0.108. The largest absolute Gasteiger partial charge is 0.461 e. The predicted octanol–water partition coefficient (Wildman–Crippen LogP) is 1.29. The number of Topliss-reactive ketones (excluding diaryl/α,β-unsaturated/α-hetero) is 1. The molecule has 2 aromatic rings. The number of hydrogen-bond acceptors (Lipinski definition) is 4. The Morgan fingerprint density at radius 1 is 1.00 bits per heavy atom. The van der Waals surface area contributed by atoms with E-state index in [1.165, 1.54) is 18.4 Å². The molecule has 0 saturated heterocycles. The molecule has 0 aliphatic carbocycles. The van der Waals surface area contributed by atoms with E-state index in [0.29, 0.717) is 0 Å². The van der Waals surface area contributed by atoms with Gasteiger partial charge in [-0.3, -0.25) is 14.4 Å². The zero-order valence-electron chi connectivity index (χ0n) is 11.8. The Morgan fingerprint density at radius 3 is 2.43 bits per heavy atom. The van der Waals surface area contributed by atoms with E-state index in [1.807, 2.05) is 0 Å². The molecule has 120 valence electrons. The Morgan fingerprint density at radius 2 is 1.78 bits per heavy atom. The molecule has 0 saturated carbocycles. The average Bonchev–Trinajstić information content (AvgIpc) is 3.07. The first-order chi connectivity index (χ1) is 11.0. The van der Waals surface area contributed by atoms with Gasteiger partial charge < -0.3 is 15.1 Å². The summed E-state index contributed by atoms with van der Waals surface area (Å²) in [7, 11) is 0. The van der Waals surface area contributed by atoms with Gasteiger partial charge >= 0.3 is 0 Å². The summed E-state index contributed by atoms with van der Waals surface area (Å²) in [4.78, 5) is 34.8. The Labute approximate surface area is 129 Å². The number of nitrogens with one attached hydrogen (secondary N) is 2. The number of halogens is 2. The summed E-state index contributed by atoms with van der Waals surface area (Å²) in [6.45, 7) is -0.698. The smallest absolute Gasteiger partial charge is 0.251 e. The van der Waals surface area contributed by atoms with Crippen molar-refractivity contribution in [2.45, 2.75) is 0 Å². The van der Waals surface area contributed by atoms with E-state index >= 15 is 0 Å². The lowest BCUT2D eigenvalue weighted by Gasteiger charge is -2.06. The molecule has 1 aromatic heterocycles. The van der Waals surface area contributed by atoms with Crippen LogP contribution in [0.15, 0.2) is 41.0 Å². The molecule has 2 amide bonds. The average molecular weight is 322 g/mol. The van der Waals surface area contributed by atoms with Gasteiger partial charge in [-0.1, -0.05) is 0 Å². The Hall–Kier alpha value is -3.03. The van der Waals surface area contributed by atoms with Crippen LogP contribution in [0.2, 0.25) is 0 Å². The van der Waals surface area contributed by atoms with Crippen molar-refractivity contribution in [2.24, 2.45) is 0 Å². The summed E-state index contributed by atoms with van der Waals surface area (Å²) < 4.78 is 30.6. The highest BCUT2D eigenvalue weighted by Gasteiger charge is 2.13. The number of ketones is 1. The van der Waals surface area contributed by atoms with Crippen LogP contribution in [-0.2, 0) is 4.79 Å². The van der Waals surface area contributed by atoms with Gasteiger partial charge in [-0.15, -0.1) is 0 Å². The van der Waals surface area contributed by atoms with Crippen LogP contribution in [0.5, 0.6) is 0 Å². The molecule has 2 N–H and O–H groups in total. The molecule has 0 unspecified atom stereocenters. The molecule has 0 bridgehead atoms. The molecule has 0 atom stereocenters. The van der Waals surface area contributed by atoms with Gasteiger partial charge in [-0.2, -0.15) is 0 Å². The Bertz CT molecular complexity index is 729. The SMILES string of the molecule is O=C(CNC(=O)c1ccc(F)c(F)c1)NCC(=O)c1ccco1. The third-order valence-electron chi connectivity index (χ3n) is 2.83. The molecular formula is C15H12F2N2O4. The first kappa shape index (κ1) is 16.3. The topological polar surface area (TPSA) is 88.4 Å². The molecule has 1 aromatic carbocycles. The van der Waals surface area contributed by atoms with Crippen LogP contribution in [0.1, 0.15) is 20.9 Å². The van der Waals surface area contributed by atoms with Crippen molar-refractivity contribution in [3.63, 3.8) is 0 Å². The quantitative estimate of drug-likeness (QED) is 0.784. The Kier molecular flexibility index (Phi) is 5.19. The van der Waals surface area contributed by atoms with Gasteiger partial charge in [0.1, 0.15) is 0 Å². The molecule has 1 heterocycles. The molecule has 0 aliphatic heterocycles. The summed E-state index contributed by atoms with van der Waals surface area (Å²) >= 11 is 0. The zero-order valence-corrected chi connectivity index (χ0v) is 11.8. The lowest BCUT2D eigenvalue weighted by molar-refractivity contribution is -0.119. The molecule has 0 spiro atoms. The van der Waals surface area contributed by atoms with Crippen LogP contribution in [0, 0.1) is 11.6 Å². The third kappa shape index (κ3) is 4.47. The number of carbonyl (C=O) groups is 3. The second-order valence-corrected chi connectivity index (χ2v) is 4.49. The van der Waals surface area contributed by atoms with Crippen LogP contribution in [0.4, 0.5) is 8.78 Å². The molecule has 0 aliphatic rings. The lowest BCUT2D eigenvalue weighted by atomic mass is 10.2. The summed E-state index contributed by atoms with van der Waals surface area (Å²) in [6, 6.07) is 5.62. The number of amides is 2. The predicted molar refractivity (Wildman–Crippen MR) is 74.7 cm³/mol. The van der Waals surface area contributed by atoms with Crippen molar-refractivity contribution < 1.29 is 27.6 Å². The fourth-order valence-corrected chi connectivity index (χ4v) is 1.67. The normalized spacial score (nSPS) is 10.2. The number of carbonyl (C=O) groups excluding carboxylic acids is 3. The third-order valence-corrected chi connectivity index (χ3v) is 2.83. The fraction of sp³-hybridized carbons (Fsp3) is 0.133. The minimum atomic E-state index is -1.16. The van der Waals surface area contributed by atoms with Gasteiger partial charge in [0.2, 0.25) is 11.7 Å². The summed E-state index contributed by atoms with van der Waals surface area (Å²) in [6.07, 6.45) is 1.33. The number of furan rings is 1. The van der Waals surface area contributed by atoms with Gasteiger partial charge in [0.15, 0.2) is 17.4 Å². The van der Waals surface area contributed by atoms with Crippen LogP contribution in [0.25, 0.3) is 0 Å². The van der Waals surface area contributed by atoms with Crippen molar-refractivity contribution in [3.05, 3.63) is 59.6 Å². The molecule has 0 radical (unpaired) electrons. The van der Waals surface area contributed by atoms with Gasteiger partial charge in [0.05, 0.1) is 19.4 Å². The van der Waals surface area contributed by atoms with Crippen LogP contribution in [0.3, 0.4) is 0 Å². The number of rotatable bonds is 6. The van der Waals surface area contributed by atoms with Crippen molar-refractivity contribution in [3.8, 4) is 0 Å². The van der Waals surface area contributed by atoms with E-state index in [4.69, 9.17) is 4.42 Å². The maximum atomic E-state index is 13.0. The van der Waals surface area contributed by atoms with Crippen LogP contribution >= 0.6 is 0 Å². The van der Waals surface area contributed by atoms with Crippen molar-refractivity contribution >= 4 is 17.6 Å². The van der Waals surface area contributed by atoms with E-state index in [-0.39, 0.29) is 17.9 Å². The summed E-state index contributed by atoms with van der Waals surface area (Å²) in [5.41, 5.74) is -0.122. The second-order valence-electron chi connectivity index (χ2n) is 4.49. The van der Waals surface area contributed by atoms with Crippen LogP contribution < -0.4 is 10.6 Å². The molecule has 2 rings (SSSR count). The van der Waals surface area contributed by atoms with Gasteiger partial charge in [-0.05, 0) is 30.3 Å². The number of hydrogen-bond donors (Lipinski definition) is 2. The zero-order chi connectivity index (χ0) is 16.8. The molecular weight excluding hydrogens is 310 g/mol. The van der Waals surface area contributed by atoms with Gasteiger partial charge in [0.25, 0.3) is 5.91 Å². The van der Waals surface area contributed by atoms with E-state index in [0.717, 1.165) is 18.2 Å². The molecule has 6 nitrogen and oxygen atoms in total. The van der Waals surface area contributed by atoms with Gasteiger partial charge in [0, 0.05) is 5.56 Å². The fourth-order valence-electron chi connectivity index (χ4n) is 1.67. The first-order valence-electron chi connectivity index (χ1n) is 6.54. The van der Waals surface area contributed by atoms with E-state index in [9.17, 15) is 23.2 Å². The van der Waals surface area contributed by atoms with Gasteiger partial charge in [-0.25, -0.2) is 8.78 Å². The highest BCUT2D eigenvalue weighted by Crippen LogP contribution is 2.08. The van der Waals surface area contributed by atoms with Crippen molar-refractivity contribution in [1.82, 2.24) is 10.6 Å². The lowest BCUT2D eigenvalue weighted by Crippen LogP contribution is -2.39. The standard InChI is InChI=1S/C15H12F2N2O4/c16-10-4-3-9(6-11(10)17)15(22)19-8-14(21)18-7-12(20)13-2-1-5-23-13/h1-6H,7-8H2,(H,18,21)(H,19,22). The van der Waals surface area contributed by atoms with E-state index in [2.05, 4.69) is 10.6 Å². The number of benzene rings is 1. The molecule has 0 fully saturated rings. The Balaban J connectivity index is 1.78. The second kappa shape index (κ2) is 7.30. The maximum Gasteiger partial charge on any atom is 0.251 e. The van der Waals surface area contributed by atoms with Crippen molar-refractivity contribution in [2.75, 3.05) is 13.1 Å². The molecule has 23 heavy (non-hydrogen) atoms. The van der Waals surface area contributed by atoms with Crippen molar-refractivity contribution in [1.29, 1.82) is 0 Å². The van der Waals surface area contributed by atoms with E-state index < -0.39 is 35.8 Å². The van der Waals surface area contributed by atoms with E-state index in [1.54, 1.807) is 0 Å². The maximum absolute atomic E-state index is 13.0. The summed E-state index contributed by atoms with van der Waals surface area (Å²) in [5, 5.41) is 4.53. The molecule has 8 heteroatoms.